The number of hydrogen-bond acceptors (Lipinski definition) is 4. The number of ketones is 2. The number of rotatable bonds is 6. The Morgan fingerprint density at radius 1 is 1.00 bits per heavy atom. The number of Topliss-reactive ketones (excluding diaryl/α,β-unsaturated/α-hetero) is 2. The maximum absolute atomic E-state index is 12.2. The summed E-state index contributed by atoms with van der Waals surface area (Å²) >= 11 is 0. The number of aliphatic hydroxyl groups is 1. The molecule has 0 saturated heterocycles. The predicted octanol–water partition coefficient (Wildman–Crippen LogP) is 2.19. The SMILES string of the molecule is CC1=C(C)C(=O)C(CCC(C)(O)CCC(=O)O)=C(C)C1=O. The van der Waals surface area contributed by atoms with Crippen molar-refractivity contribution in [1.29, 1.82) is 0 Å². The van der Waals surface area contributed by atoms with Crippen molar-refractivity contribution in [3.63, 3.8) is 0 Å². The van der Waals surface area contributed by atoms with E-state index in [-0.39, 0.29) is 37.2 Å². The number of carbonyl (C=O) groups is 3. The molecule has 0 aliphatic heterocycles. The molecule has 21 heavy (non-hydrogen) atoms. The van der Waals surface area contributed by atoms with E-state index in [1.54, 1.807) is 27.7 Å². The van der Waals surface area contributed by atoms with E-state index in [0.29, 0.717) is 22.3 Å². The van der Waals surface area contributed by atoms with Gasteiger partial charge in [-0.05, 0) is 47.0 Å². The first-order chi connectivity index (χ1) is 9.57. The minimum atomic E-state index is -1.17. The van der Waals surface area contributed by atoms with E-state index < -0.39 is 11.6 Å². The molecule has 0 amide bonds. The second-order valence-electron chi connectivity index (χ2n) is 5.90. The Bertz CT molecular complexity index is 549. The van der Waals surface area contributed by atoms with Crippen LogP contribution in [0.5, 0.6) is 0 Å². The zero-order valence-electron chi connectivity index (χ0n) is 12.9. The van der Waals surface area contributed by atoms with Crippen LogP contribution in [0.3, 0.4) is 0 Å². The molecule has 0 heterocycles. The van der Waals surface area contributed by atoms with Gasteiger partial charge in [-0.1, -0.05) is 0 Å². The molecular formula is C16H22O5. The third-order valence-electron chi connectivity index (χ3n) is 4.10. The van der Waals surface area contributed by atoms with Crippen LogP contribution >= 0.6 is 0 Å². The van der Waals surface area contributed by atoms with E-state index in [1.807, 2.05) is 0 Å². The molecule has 1 atom stereocenters. The zero-order valence-corrected chi connectivity index (χ0v) is 12.9. The molecule has 1 aliphatic carbocycles. The van der Waals surface area contributed by atoms with Crippen LogP contribution in [0.1, 0.15) is 53.4 Å². The second kappa shape index (κ2) is 6.35. The monoisotopic (exact) mass is 294 g/mol. The van der Waals surface area contributed by atoms with Gasteiger partial charge in [-0.15, -0.1) is 0 Å². The molecule has 116 valence electrons. The minimum Gasteiger partial charge on any atom is -0.481 e. The zero-order chi connectivity index (χ0) is 16.4. The fourth-order valence-electron chi connectivity index (χ4n) is 2.35. The summed E-state index contributed by atoms with van der Waals surface area (Å²) in [6, 6.07) is 0. The molecule has 0 aromatic carbocycles. The van der Waals surface area contributed by atoms with Crippen LogP contribution in [0.15, 0.2) is 22.3 Å². The predicted molar refractivity (Wildman–Crippen MR) is 77.8 cm³/mol. The average Bonchev–Trinajstić information content (AvgIpc) is 2.41. The normalized spacial score (nSPS) is 19.1. The number of aliphatic carboxylic acids is 1. The lowest BCUT2D eigenvalue weighted by atomic mass is 9.82. The van der Waals surface area contributed by atoms with Gasteiger partial charge in [0.05, 0.1) is 5.60 Å². The molecule has 1 rings (SSSR count). The Morgan fingerprint density at radius 2 is 1.52 bits per heavy atom. The largest absolute Gasteiger partial charge is 0.481 e. The lowest BCUT2D eigenvalue weighted by Gasteiger charge is -2.25. The van der Waals surface area contributed by atoms with Crippen LogP contribution < -0.4 is 0 Å². The maximum atomic E-state index is 12.2. The Labute approximate surface area is 124 Å². The highest BCUT2D eigenvalue weighted by molar-refractivity contribution is 6.24. The van der Waals surface area contributed by atoms with Gasteiger partial charge in [0.15, 0.2) is 11.6 Å². The quantitative estimate of drug-likeness (QED) is 0.733. The van der Waals surface area contributed by atoms with Gasteiger partial charge in [-0.3, -0.25) is 14.4 Å². The van der Waals surface area contributed by atoms with E-state index >= 15 is 0 Å². The molecule has 0 aromatic rings. The first kappa shape index (κ1) is 17.3. The molecule has 0 aromatic heterocycles. The fraction of sp³-hybridized carbons (Fsp3) is 0.562. The molecular weight excluding hydrogens is 272 g/mol. The Morgan fingerprint density at radius 3 is 2.05 bits per heavy atom. The van der Waals surface area contributed by atoms with Crippen LogP contribution in [-0.4, -0.2) is 33.3 Å². The summed E-state index contributed by atoms with van der Waals surface area (Å²) in [6.07, 6.45) is 0.506. The standard InChI is InChI=1S/C16H22O5/c1-9-10(2)15(20)12(11(3)14(9)19)5-7-16(4,21)8-6-13(17)18/h21H,5-8H2,1-4H3,(H,17,18). The van der Waals surface area contributed by atoms with Crippen molar-refractivity contribution in [2.45, 2.75) is 59.0 Å². The summed E-state index contributed by atoms with van der Waals surface area (Å²) in [5.41, 5.74) is 0.611. The van der Waals surface area contributed by atoms with E-state index in [1.165, 1.54) is 0 Å². The number of hydrogen-bond donors (Lipinski definition) is 2. The van der Waals surface area contributed by atoms with Crippen molar-refractivity contribution in [2.75, 3.05) is 0 Å². The third kappa shape index (κ3) is 4.11. The maximum Gasteiger partial charge on any atom is 0.303 e. The highest BCUT2D eigenvalue weighted by atomic mass is 16.4. The third-order valence-corrected chi connectivity index (χ3v) is 4.10. The highest BCUT2D eigenvalue weighted by Crippen LogP contribution is 2.29. The van der Waals surface area contributed by atoms with Crippen LogP contribution in [0.4, 0.5) is 0 Å². The summed E-state index contributed by atoms with van der Waals surface area (Å²) in [5, 5.41) is 18.8. The molecule has 0 fully saturated rings. The second-order valence-corrected chi connectivity index (χ2v) is 5.90. The Hall–Kier alpha value is -1.75. The molecule has 1 unspecified atom stereocenters. The van der Waals surface area contributed by atoms with Gasteiger partial charge in [-0.2, -0.15) is 0 Å². The summed E-state index contributed by atoms with van der Waals surface area (Å²) in [4.78, 5) is 34.8. The Kier molecular flexibility index (Phi) is 5.23. The van der Waals surface area contributed by atoms with Gasteiger partial charge in [-0.25, -0.2) is 0 Å². The van der Waals surface area contributed by atoms with Crippen LogP contribution in [-0.2, 0) is 14.4 Å². The molecule has 1 aliphatic rings. The lowest BCUT2D eigenvalue weighted by molar-refractivity contribution is -0.138. The van der Waals surface area contributed by atoms with E-state index in [9.17, 15) is 19.5 Å². The molecule has 2 N–H and O–H groups in total. The first-order valence-corrected chi connectivity index (χ1v) is 6.97. The Balaban J connectivity index is 2.81. The van der Waals surface area contributed by atoms with E-state index in [2.05, 4.69) is 0 Å². The smallest absolute Gasteiger partial charge is 0.303 e. The van der Waals surface area contributed by atoms with E-state index in [4.69, 9.17) is 5.11 Å². The summed E-state index contributed by atoms with van der Waals surface area (Å²) in [7, 11) is 0. The van der Waals surface area contributed by atoms with Gasteiger partial charge in [0.25, 0.3) is 0 Å². The first-order valence-electron chi connectivity index (χ1n) is 6.97. The number of carboxylic acids is 1. The van der Waals surface area contributed by atoms with Crippen LogP contribution in [0, 0.1) is 0 Å². The van der Waals surface area contributed by atoms with Crippen molar-refractivity contribution in [1.82, 2.24) is 0 Å². The average molecular weight is 294 g/mol. The molecule has 0 radical (unpaired) electrons. The topological polar surface area (TPSA) is 91.7 Å². The van der Waals surface area contributed by atoms with Crippen molar-refractivity contribution in [3.05, 3.63) is 22.3 Å². The van der Waals surface area contributed by atoms with Crippen molar-refractivity contribution < 1.29 is 24.6 Å². The summed E-state index contributed by atoms with van der Waals surface area (Å²) < 4.78 is 0. The summed E-state index contributed by atoms with van der Waals surface area (Å²) in [5.74, 6) is -1.25. The highest BCUT2D eigenvalue weighted by Gasteiger charge is 2.30. The molecule has 0 bridgehead atoms. The van der Waals surface area contributed by atoms with Gasteiger partial charge >= 0.3 is 5.97 Å². The van der Waals surface area contributed by atoms with Gasteiger partial charge in [0, 0.05) is 28.7 Å². The summed E-state index contributed by atoms with van der Waals surface area (Å²) in [6.45, 7) is 6.44. The molecule has 0 spiro atoms. The number of carbonyl (C=O) groups excluding carboxylic acids is 2. The number of allylic oxidation sites excluding steroid dienone is 4. The number of carboxylic acid groups (broad SMARTS) is 1. The lowest BCUT2D eigenvalue weighted by Crippen LogP contribution is -2.27. The van der Waals surface area contributed by atoms with Gasteiger partial charge in [0.1, 0.15) is 0 Å². The van der Waals surface area contributed by atoms with Crippen LogP contribution in [0.2, 0.25) is 0 Å². The molecule has 0 saturated carbocycles. The van der Waals surface area contributed by atoms with Gasteiger partial charge in [0.2, 0.25) is 0 Å². The molecule has 5 heteroatoms. The van der Waals surface area contributed by atoms with Crippen molar-refractivity contribution in [3.8, 4) is 0 Å². The van der Waals surface area contributed by atoms with Crippen molar-refractivity contribution in [2.24, 2.45) is 0 Å². The fourth-order valence-corrected chi connectivity index (χ4v) is 2.35. The molecule has 5 nitrogen and oxygen atoms in total. The van der Waals surface area contributed by atoms with Crippen LogP contribution in [0.25, 0.3) is 0 Å². The van der Waals surface area contributed by atoms with Crippen molar-refractivity contribution >= 4 is 17.5 Å². The van der Waals surface area contributed by atoms with E-state index in [0.717, 1.165) is 0 Å². The van der Waals surface area contributed by atoms with Gasteiger partial charge < -0.3 is 10.2 Å². The minimum absolute atomic E-state index is 0.116.